The topological polar surface area (TPSA) is 52.3 Å². The molecule has 0 aliphatic heterocycles. The van der Waals surface area contributed by atoms with Gasteiger partial charge in [-0.1, -0.05) is 0 Å². The molecule has 0 spiro atoms. The fraction of sp³-hybridized carbons (Fsp3) is 0.833. The normalized spacial score (nSPS) is 11.1. The van der Waals surface area contributed by atoms with Gasteiger partial charge in [0.15, 0.2) is 0 Å². The van der Waals surface area contributed by atoms with E-state index in [2.05, 4.69) is 4.74 Å². The van der Waals surface area contributed by atoms with E-state index < -0.39 is 5.54 Å². The van der Waals surface area contributed by atoms with Gasteiger partial charge in [0.2, 0.25) is 0 Å². The fourth-order valence-corrected chi connectivity index (χ4v) is 0.288. The van der Waals surface area contributed by atoms with Gasteiger partial charge in [-0.25, -0.2) is 0 Å². The molecule has 0 amide bonds. The molecule has 0 aliphatic carbocycles. The van der Waals surface area contributed by atoms with Crippen LogP contribution in [0.15, 0.2) is 0 Å². The van der Waals surface area contributed by atoms with E-state index in [1.165, 1.54) is 6.92 Å². The van der Waals surface area contributed by atoms with Gasteiger partial charge in [-0.05, 0) is 13.8 Å². The summed E-state index contributed by atoms with van der Waals surface area (Å²) in [5, 5.41) is 0. The van der Waals surface area contributed by atoms with Crippen LogP contribution in [-0.4, -0.2) is 18.1 Å². The summed E-state index contributed by atoms with van der Waals surface area (Å²) in [4.78, 5) is 10.2. The maximum atomic E-state index is 10.2. The molecule has 0 saturated carbocycles. The minimum absolute atomic E-state index is 0.280. The van der Waals surface area contributed by atoms with Gasteiger partial charge in [0.1, 0.15) is 6.61 Å². The summed E-state index contributed by atoms with van der Waals surface area (Å²) in [6.45, 7) is 5.25. The molecule has 2 N–H and O–H groups in total. The van der Waals surface area contributed by atoms with Gasteiger partial charge in [-0.2, -0.15) is 0 Å². The SMILES string of the molecule is CC(=O)OCC(C)(C)N. The molecule has 0 heterocycles. The smallest absolute Gasteiger partial charge is 0.302 e. The highest BCUT2D eigenvalue weighted by Crippen LogP contribution is 1.96. The zero-order chi connectivity index (χ0) is 7.49. The van der Waals surface area contributed by atoms with Gasteiger partial charge in [0.05, 0.1) is 0 Å². The Labute approximate surface area is 55.2 Å². The van der Waals surface area contributed by atoms with Crippen LogP contribution in [-0.2, 0) is 9.53 Å². The number of hydrogen-bond acceptors (Lipinski definition) is 3. The molecule has 0 atom stereocenters. The van der Waals surface area contributed by atoms with E-state index in [1.807, 2.05) is 0 Å². The highest BCUT2D eigenvalue weighted by Gasteiger charge is 2.11. The number of esters is 1. The molecule has 0 bridgehead atoms. The van der Waals surface area contributed by atoms with Crippen LogP contribution < -0.4 is 5.73 Å². The van der Waals surface area contributed by atoms with Crippen molar-refractivity contribution in [2.75, 3.05) is 6.61 Å². The molecule has 3 nitrogen and oxygen atoms in total. The zero-order valence-electron chi connectivity index (χ0n) is 6.10. The lowest BCUT2D eigenvalue weighted by Gasteiger charge is -2.16. The van der Waals surface area contributed by atoms with E-state index in [4.69, 9.17) is 5.73 Å². The summed E-state index contributed by atoms with van der Waals surface area (Å²) >= 11 is 0. The van der Waals surface area contributed by atoms with E-state index in [-0.39, 0.29) is 12.6 Å². The summed E-state index contributed by atoms with van der Waals surface area (Å²) in [5.41, 5.74) is 5.10. The second-order valence-electron chi connectivity index (χ2n) is 2.77. The first-order valence-corrected chi connectivity index (χ1v) is 2.84. The van der Waals surface area contributed by atoms with Crippen molar-refractivity contribution in [3.8, 4) is 0 Å². The maximum Gasteiger partial charge on any atom is 0.302 e. The van der Waals surface area contributed by atoms with E-state index in [0.717, 1.165) is 0 Å². The number of ether oxygens (including phenoxy) is 1. The van der Waals surface area contributed by atoms with Gasteiger partial charge in [-0.3, -0.25) is 4.79 Å². The molecule has 0 aromatic carbocycles. The molecule has 9 heavy (non-hydrogen) atoms. The predicted molar refractivity (Wildman–Crippen MR) is 34.9 cm³/mol. The van der Waals surface area contributed by atoms with Gasteiger partial charge >= 0.3 is 5.97 Å². The average molecular weight is 131 g/mol. The summed E-state index contributed by atoms with van der Waals surface area (Å²) in [7, 11) is 0. The fourth-order valence-electron chi connectivity index (χ4n) is 0.288. The lowest BCUT2D eigenvalue weighted by Crippen LogP contribution is -2.38. The first-order chi connectivity index (χ1) is 3.92. The van der Waals surface area contributed by atoms with Crippen LogP contribution >= 0.6 is 0 Å². The molecule has 0 fully saturated rings. The van der Waals surface area contributed by atoms with Crippen molar-refractivity contribution in [1.82, 2.24) is 0 Å². The minimum Gasteiger partial charge on any atom is -0.464 e. The quantitative estimate of drug-likeness (QED) is 0.548. The maximum absolute atomic E-state index is 10.2. The molecule has 0 saturated heterocycles. The summed E-state index contributed by atoms with van der Waals surface area (Å²) < 4.78 is 4.64. The molecule has 54 valence electrons. The second-order valence-corrected chi connectivity index (χ2v) is 2.77. The summed E-state index contributed by atoms with van der Waals surface area (Å²) in [6.07, 6.45) is 0. The Balaban J connectivity index is 3.39. The molecule has 0 rings (SSSR count). The van der Waals surface area contributed by atoms with Crippen molar-refractivity contribution in [2.45, 2.75) is 26.3 Å². The van der Waals surface area contributed by atoms with Crippen molar-refractivity contribution in [1.29, 1.82) is 0 Å². The predicted octanol–water partition coefficient (Wildman–Crippen LogP) is 0.287. The third kappa shape index (κ3) is 7.43. The standard InChI is InChI=1S/C6H13NO2/c1-5(8)9-4-6(2,3)7/h4,7H2,1-3H3. The molecule has 3 heteroatoms. The first-order valence-electron chi connectivity index (χ1n) is 2.84. The van der Waals surface area contributed by atoms with Crippen molar-refractivity contribution in [3.63, 3.8) is 0 Å². The Kier molecular flexibility index (Phi) is 2.65. The van der Waals surface area contributed by atoms with Crippen molar-refractivity contribution in [2.24, 2.45) is 5.73 Å². The number of rotatable bonds is 2. The van der Waals surface area contributed by atoms with Crippen LogP contribution in [0.4, 0.5) is 0 Å². The van der Waals surface area contributed by atoms with E-state index >= 15 is 0 Å². The van der Waals surface area contributed by atoms with E-state index in [0.29, 0.717) is 0 Å². The molecular formula is C6H13NO2. The Morgan fingerprint density at radius 1 is 1.67 bits per heavy atom. The molecule has 0 aromatic heterocycles. The van der Waals surface area contributed by atoms with Crippen LogP contribution in [0.5, 0.6) is 0 Å². The molecule has 0 aliphatic rings. The highest BCUT2D eigenvalue weighted by atomic mass is 16.5. The Morgan fingerprint density at radius 2 is 2.11 bits per heavy atom. The number of hydrogen-bond donors (Lipinski definition) is 1. The highest BCUT2D eigenvalue weighted by molar-refractivity contribution is 5.65. The lowest BCUT2D eigenvalue weighted by atomic mass is 10.1. The van der Waals surface area contributed by atoms with Gasteiger partial charge in [0.25, 0.3) is 0 Å². The Morgan fingerprint density at radius 3 is 2.22 bits per heavy atom. The summed E-state index contributed by atoms with van der Waals surface area (Å²) in [5.74, 6) is -0.284. The largest absolute Gasteiger partial charge is 0.464 e. The molecule has 0 unspecified atom stereocenters. The third-order valence-electron chi connectivity index (χ3n) is 0.647. The molecular weight excluding hydrogens is 118 g/mol. The van der Waals surface area contributed by atoms with Crippen molar-refractivity contribution in [3.05, 3.63) is 0 Å². The molecule has 0 radical (unpaired) electrons. The number of carbonyl (C=O) groups excluding carboxylic acids is 1. The summed E-state index contributed by atoms with van der Waals surface area (Å²) in [6, 6.07) is 0. The second kappa shape index (κ2) is 2.82. The third-order valence-corrected chi connectivity index (χ3v) is 0.647. The Bertz CT molecular complexity index is 104. The van der Waals surface area contributed by atoms with Crippen LogP contribution in [0, 0.1) is 0 Å². The molecule has 0 aromatic rings. The zero-order valence-corrected chi connectivity index (χ0v) is 6.10. The minimum atomic E-state index is -0.411. The van der Waals surface area contributed by atoms with Crippen LogP contribution in [0.3, 0.4) is 0 Å². The van der Waals surface area contributed by atoms with Crippen LogP contribution in [0.1, 0.15) is 20.8 Å². The van der Waals surface area contributed by atoms with E-state index in [9.17, 15) is 4.79 Å². The number of carbonyl (C=O) groups is 1. The van der Waals surface area contributed by atoms with Gasteiger partial charge in [-0.15, -0.1) is 0 Å². The van der Waals surface area contributed by atoms with E-state index in [1.54, 1.807) is 13.8 Å². The van der Waals surface area contributed by atoms with Crippen LogP contribution in [0.25, 0.3) is 0 Å². The van der Waals surface area contributed by atoms with Crippen LogP contribution in [0.2, 0.25) is 0 Å². The number of nitrogens with two attached hydrogens (primary N) is 1. The van der Waals surface area contributed by atoms with Crippen molar-refractivity contribution < 1.29 is 9.53 Å². The lowest BCUT2D eigenvalue weighted by molar-refractivity contribution is -0.142. The van der Waals surface area contributed by atoms with Crippen molar-refractivity contribution >= 4 is 5.97 Å². The monoisotopic (exact) mass is 131 g/mol. The average Bonchev–Trinajstić information content (AvgIpc) is 1.59. The Hall–Kier alpha value is -0.570. The van der Waals surface area contributed by atoms with Gasteiger partial charge < -0.3 is 10.5 Å². The first kappa shape index (κ1) is 8.43. The van der Waals surface area contributed by atoms with Gasteiger partial charge in [0, 0.05) is 12.5 Å².